The molecule has 0 unspecified atom stereocenters. The summed E-state index contributed by atoms with van der Waals surface area (Å²) in [6.07, 6.45) is 4.75. The summed E-state index contributed by atoms with van der Waals surface area (Å²) in [7, 11) is 0. The van der Waals surface area contributed by atoms with E-state index in [4.69, 9.17) is 15.7 Å². The van der Waals surface area contributed by atoms with E-state index < -0.39 is 5.91 Å². The van der Waals surface area contributed by atoms with Gasteiger partial charge in [0.05, 0.1) is 28.7 Å². The first-order chi connectivity index (χ1) is 17.2. The second-order valence-electron chi connectivity index (χ2n) is 7.30. The van der Waals surface area contributed by atoms with Gasteiger partial charge in [0.25, 0.3) is 5.91 Å². The van der Waals surface area contributed by atoms with Crippen molar-refractivity contribution in [1.82, 2.24) is 24.9 Å². The van der Waals surface area contributed by atoms with Crippen molar-refractivity contribution in [3.63, 3.8) is 0 Å². The average Bonchev–Trinajstić information content (AvgIpc) is 2.93. The van der Waals surface area contributed by atoms with Crippen molar-refractivity contribution < 1.29 is 4.79 Å². The topological polar surface area (TPSA) is 120 Å². The Morgan fingerprint density at radius 1 is 0.829 bits per heavy atom. The van der Waals surface area contributed by atoms with Gasteiger partial charge in [0.15, 0.2) is 5.82 Å². The third-order valence-corrected chi connectivity index (χ3v) is 5.10. The Bertz CT molecular complexity index is 1420. The Morgan fingerprint density at radius 2 is 1.57 bits per heavy atom. The Hall–Kier alpha value is -4.72. The molecular formula is C27H25N7O. The molecule has 0 atom stereocenters. The Balaban J connectivity index is 0.00000141. The van der Waals surface area contributed by atoms with Crippen molar-refractivity contribution in [2.45, 2.75) is 20.4 Å². The van der Waals surface area contributed by atoms with Crippen LogP contribution in [-0.4, -0.2) is 30.8 Å². The van der Waals surface area contributed by atoms with Gasteiger partial charge in [0, 0.05) is 18.6 Å². The number of carbonyl (C=O) groups is 1. The number of benzene rings is 2. The molecule has 0 fully saturated rings. The number of pyridine rings is 1. The minimum Gasteiger partial charge on any atom is -0.364 e. The maximum absolute atomic E-state index is 11.3. The van der Waals surface area contributed by atoms with Gasteiger partial charge in [-0.15, -0.1) is 0 Å². The number of nitrogens with one attached hydrogen (secondary N) is 1. The molecule has 3 heterocycles. The minimum absolute atomic E-state index is 0.0561. The molecule has 2 aromatic carbocycles. The second kappa shape index (κ2) is 10.9. The van der Waals surface area contributed by atoms with Crippen LogP contribution >= 0.6 is 0 Å². The fraction of sp³-hybridized carbons (Fsp3) is 0.111. The summed E-state index contributed by atoms with van der Waals surface area (Å²) in [5, 5.41) is 4.33. The lowest BCUT2D eigenvalue weighted by Gasteiger charge is -2.14. The zero-order valence-electron chi connectivity index (χ0n) is 19.5. The van der Waals surface area contributed by atoms with E-state index in [1.165, 1.54) is 12.4 Å². The lowest BCUT2D eigenvalue weighted by atomic mass is 10.0. The molecule has 1 amide bonds. The number of hydrogen-bond donors (Lipinski definition) is 2. The first-order valence-corrected chi connectivity index (χ1v) is 11.3. The molecule has 0 radical (unpaired) electrons. The molecule has 0 aliphatic carbocycles. The van der Waals surface area contributed by atoms with Gasteiger partial charge in [-0.25, -0.2) is 19.9 Å². The number of nitrogens with two attached hydrogens (primary N) is 1. The predicted molar refractivity (Wildman–Crippen MR) is 137 cm³/mol. The van der Waals surface area contributed by atoms with E-state index in [1.807, 2.05) is 62.4 Å². The van der Waals surface area contributed by atoms with Gasteiger partial charge in [-0.05, 0) is 29.3 Å². The molecule has 3 N–H and O–H groups in total. The SMILES string of the molecule is CC.NC(=O)c1ncc(-c2nc(NCc3ccccn3)c3c(-c4ccccc4)cccc3n2)cn1. The normalized spacial score (nSPS) is 10.3. The van der Waals surface area contributed by atoms with Crippen molar-refractivity contribution in [1.29, 1.82) is 0 Å². The zero-order chi connectivity index (χ0) is 24.6. The zero-order valence-corrected chi connectivity index (χ0v) is 19.5. The van der Waals surface area contributed by atoms with Crippen LogP contribution in [0.5, 0.6) is 0 Å². The first kappa shape index (κ1) is 23.4. The van der Waals surface area contributed by atoms with E-state index in [0.717, 1.165) is 27.7 Å². The number of nitrogens with zero attached hydrogens (tertiary/aromatic N) is 5. The van der Waals surface area contributed by atoms with Crippen LogP contribution in [0.4, 0.5) is 5.82 Å². The number of carbonyl (C=O) groups excluding carboxylic acids is 1. The van der Waals surface area contributed by atoms with Gasteiger partial charge < -0.3 is 11.1 Å². The maximum Gasteiger partial charge on any atom is 0.286 e. The number of amides is 1. The van der Waals surface area contributed by atoms with E-state index in [0.29, 0.717) is 23.8 Å². The highest BCUT2D eigenvalue weighted by Gasteiger charge is 2.15. The summed E-state index contributed by atoms with van der Waals surface area (Å²) in [4.78, 5) is 33.3. The van der Waals surface area contributed by atoms with Crippen LogP contribution < -0.4 is 11.1 Å². The van der Waals surface area contributed by atoms with Crippen LogP contribution in [0.2, 0.25) is 0 Å². The number of fused-ring (bicyclic) bond motifs is 1. The number of anilines is 1. The van der Waals surface area contributed by atoms with Crippen LogP contribution in [0.15, 0.2) is 85.3 Å². The Labute approximate surface area is 203 Å². The van der Waals surface area contributed by atoms with Crippen LogP contribution in [-0.2, 0) is 6.54 Å². The molecule has 174 valence electrons. The molecule has 8 nitrogen and oxygen atoms in total. The standard InChI is InChI=1S/C25H19N7O.C2H6/c26-22(33)25-28-13-17(14-29-25)23-31-20-11-6-10-19(16-7-2-1-3-8-16)21(20)24(32-23)30-15-18-9-4-5-12-27-18;1-2/h1-14H,15H2,(H2,26,33)(H,30,31,32);1-2H3. The molecule has 0 aliphatic rings. The Kier molecular flexibility index (Phi) is 7.32. The highest BCUT2D eigenvalue weighted by Crippen LogP contribution is 2.34. The molecule has 35 heavy (non-hydrogen) atoms. The molecule has 0 aliphatic heterocycles. The van der Waals surface area contributed by atoms with E-state index in [1.54, 1.807) is 6.20 Å². The number of hydrogen-bond acceptors (Lipinski definition) is 7. The molecular weight excluding hydrogens is 438 g/mol. The summed E-state index contributed by atoms with van der Waals surface area (Å²) in [6.45, 7) is 4.49. The lowest BCUT2D eigenvalue weighted by molar-refractivity contribution is 0.0990. The molecule has 0 saturated heterocycles. The lowest BCUT2D eigenvalue weighted by Crippen LogP contribution is -2.15. The van der Waals surface area contributed by atoms with Crippen molar-refractivity contribution >= 4 is 22.6 Å². The average molecular weight is 464 g/mol. The largest absolute Gasteiger partial charge is 0.364 e. The molecule has 0 spiro atoms. The monoisotopic (exact) mass is 463 g/mol. The van der Waals surface area contributed by atoms with Crippen LogP contribution in [0.3, 0.4) is 0 Å². The van der Waals surface area contributed by atoms with Crippen LogP contribution in [0.1, 0.15) is 30.2 Å². The minimum atomic E-state index is -0.689. The number of aromatic nitrogens is 5. The van der Waals surface area contributed by atoms with Crippen LogP contribution in [0, 0.1) is 0 Å². The molecule has 5 aromatic rings. The third kappa shape index (κ3) is 5.27. The summed E-state index contributed by atoms with van der Waals surface area (Å²) in [6, 6.07) is 21.8. The van der Waals surface area contributed by atoms with E-state index in [9.17, 15) is 4.79 Å². The number of rotatable bonds is 6. The highest BCUT2D eigenvalue weighted by atomic mass is 16.1. The Morgan fingerprint density at radius 3 is 2.26 bits per heavy atom. The van der Waals surface area contributed by atoms with Gasteiger partial charge >= 0.3 is 0 Å². The third-order valence-electron chi connectivity index (χ3n) is 5.10. The molecule has 0 saturated carbocycles. The van der Waals surface area contributed by atoms with Gasteiger partial charge in [0.2, 0.25) is 5.82 Å². The fourth-order valence-electron chi connectivity index (χ4n) is 3.55. The summed E-state index contributed by atoms with van der Waals surface area (Å²) < 4.78 is 0. The van der Waals surface area contributed by atoms with E-state index in [-0.39, 0.29) is 5.82 Å². The van der Waals surface area contributed by atoms with E-state index >= 15 is 0 Å². The summed E-state index contributed by atoms with van der Waals surface area (Å²) in [5.74, 6) is 0.358. The smallest absolute Gasteiger partial charge is 0.286 e. The van der Waals surface area contributed by atoms with Crippen LogP contribution in [0.25, 0.3) is 33.4 Å². The second-order valence-corrected chi connectivity index (χ2v) is 7.30. The summed E-state index contributed by atoms with van der Waals surface area (Å²) >= 11 is 0. The maximum atomic E-state index is 11.3. The predicted octanol–water partition coefficient (Wildman–Crippen LogP) is 4.89. The van der Waals surface area contributed by atoms with Crippen molar-refractivity contribution in [2.75, 3.05) is 5.32 Å². The van der Waals surface area contributed by atoms with Gasteiger partial charge in [-0.3, -0.25) is 9.78 Å². The highest BCUT2D eigenvalue weighted by molar-refractivity contribution is 6.02. The van der Waals surface area contributed by atoms with Crippen molar-refractivity contribution in [3.8, 4) is 22.5 Å². The fourth-order valence-corrected chi connectivity index (χ4v) is 3.55. The van der Waals surface area contributed by atoms with E-state index in [2.05, 4.69) is 38.5 Å². The van der Waals surface area contributed by atoms with Crippen molar-refractivity contribution in [3.05, 3.63) is 96.8 Å². The van der Waals surface area contributed by atoms with Gasteiger partial charge in [0.1, 0.15) is 5.82 Å². The first-order valence-electron chi connectivity index (χ1n) is 11.3. The molecule has 8 heteroatoms. The quantitative estimate of drug-likeness (QED) is 0.368. The van der Waals surface area contributed by atoms with Gasteiger partial charge in [-0.2, -0.15) is 0 Å². The molecule has 5 rings (SSSR count). The summed E-state index contributed by atoms with van der Waals surface area (Å²) in [5.41, 5.74) is 9.57. The van der Waals surface area contributed by atoms with Crippen molar-refractivity contribution in [2.24, 2.45) is 5.73 Å². The number of primary amides is 1. The molecule has 0 bridgehead atoms. The molecule has 3 aromatic heterocycles. The van der Waals surface area contributed by atoms with Gasteiger partial charge in [-0.1, -0.05) is 62.4 Å².